The van der Waals surface area contributed by atoms with E-state index in [1.165, 1.54) is 6.92 Å². The first-order valence-electron chi connectivity index (χ1n) is 7.02. The number of hydrogen-bond donors (Lipinski definition) is 1. The average Bonchev–Trinajstić information content (AvgIpc) is 2.53. The molecule has 1 unspecified atom stereocenters. The summed E-state index contributed by atoms with van der Waals surface area (Å²) in [5.74, 6) is -1.21. The van der Waals surface area contributed by atoms with E-state index in [2.05, 4.69) is 6.58 Å². The van der Waals surface area contributed by atoms with E-state index in [1.54, 1.807) is 42.5 Å². The quantitative estimate of drug-likeness (QED) is 0.884. The molecule has 0 radical (unpaired) electrons. The minimum absolute atomic E-state index is 0.100. The molecule has 0 fully saturated rings. The summed E-state index contributed by atoms with van der Waals surface area (Å²) in [4.78, 5) is 24.1. The Bertz CT molecular complexity index is 704. The number of Topliss-reactive ketones (excluding diaryl/α,β-unsaturated/α-hetero) is 1. The Morgan fingerprint density at radius 2 is 1.68 bits per heavy atom. The van der Waals surface area contributed by atoms with E-state index in [4.69, 9.17) is 0 Å². The van der Waals surface area contributed by atoms with Crippen molar-refractivity contribution in [3.05, 3.63) is 77.9 Å². The number of hydrogen-bond acceptors (Lipinski definition) is 2. The highest BCUT2D eigenvalue weighted by atomic mass is 16.4. The van der Waals surface area contributed by atoms with Crippen LogP contribution in [0, 0.1) is 0 Å². The van der Waals surface area contributed by atoms with Crippen LogP contribution in [-0.2, 0) is 15.0 Å². The minimum Gasteiger partial charge on any atom is -0.480 e. The first-order valence-corrected chi connectivity index (χ1v) is 7.02. The lowest BCUT2D eigenvalue weighted by atomic mass is 9.69. The minimum atomic E-state index is -1.40. The van der Waals surface area contributed by atoms with E-state index in [0.29, 0.717) is 11.1 Å². The maximum Gasteiger partial charge on any atom is 0.319 e. The van der Waals surface area contributed by atoms with Crippen molar-refractivity contribution >= 4 is 17.8 Å². The molecule has 0 saturated heterocycles. The van der Waals surface area contributed by atoms with Gasteiger partial charge in [-0.1, -0.05) is 67.3 Å². The zero-order chi connectivity index (χ0) is 16.2. The van der Waals surface area contributed by atoms with Crippen LogP contribution in [0.5, 0.6) is 0 Å². The first kappa shape index (κ1) is 15.7. The van der Waals surface area contributed by atoms with Crippen LogP contribution in [0.2, 0.25) is 0 Å². The predicted octanol–water partition coefficient (Wildman–Crippen LogP) is 3.68. The predicted molar refractivity (Wildman–Crippen MR) is 86.7 cm³/mol. The van der Waals surface area contributed by atoms with Gasteiger partial charge in [0.1, 0.15) is 11.2 Å². The lowest BCUT2D eigenvalue weighted by Gasteiger charge is -2.31. The Balaban J connectivity index is 2.82. The van der Waals surface area contributed by atoms with Crippen LogP contribution in [0.4, 0.5) is 0 Å². The Morgan fingerprint density at radius 1 is 1.09 bits per heavy atom. The maximum absolute atomic E-state index is 12.2. The molecule has 0 spiro atoms. The fourth-order valence-corrected chi connectivity index (χ4v) is 2.83. The van der Waals surface area contributed by atoms with Gasteiger partial charge in [-0.2, -0.15) is 0 Å². The van der Waals surface area contributed by atoms with Gasteiger partial charge in [0.05, 0.1) is 0 Å². The molecule has 1 N–H and O–H groups in total. The summed E-state index contributed by atoms with van der Waals surface area (Å²) in [6, 6.07) is 16.0. The fourth-order valence-electron chi connectivity index (χ4n) is 2.83. The van der Waals surface area contributed by atoms with E-state index in [0.717, 1.165) is 5.56 Å². The zero-order valence-electron chi connectivity index (χ0n) is 12.5. The molecular weight excluding hydrogens is 276 g/mol. The van der Waals surface area contributed by atoms with E-state index in [9.17, 15) is 14.7 Å². The van der Waals surface area contributed by atoms with E-state index in [-0.39, 0.29) is 12.2 Å². The summed E-state index contributed by atoms with van der Waals surface area (Å²) >= 11 is 0. The van der Waals surface area contributed by atoms with E-state index < -0.39 is 11.4 Å². The molecule has 0 heterocycles. The van der Waals surface area contributed by atoms with Crippen molar-refractivity contribution < 1.29 is 14.7 Å². The Morgan fingerprint density at radius 3 is 2.23 bits per heavy atom. The van der Waals surface area contributed by atoms with Gasteiger partial charge in [0, 0.05) is 6.42 Å². The number of aliphatic carboxylic acids is 1. The zero-order valence-corrected chi connectivity index (χ0v) is 12.5. The number of carbonyl (C=O) groups is 2. The number of benzene rings is 2. The molecule has 0 saturated carbocycles. The van der Waals surface area contributed by atoms with Crippen molar-refractivity contribution in [3.63, 3.8) is 0 Å². The summed E-state index contributed by atoms with van der Waals surface area (Å²) in [5, 5.41) is 10.0. The smallest absolute Gasteiger partial charge is 0.319 e. The summed E-state index contributed by atoms with van der Waals surface area (Å²) in [6.45, 7) is 5.17. The third-order valence-electron chi connectivity index (χ3n) is 3.79. The van der Waals surface area contributed by atoms with Crippen LogP contribution in [0.15, 0.2) is 61.2 Å². The highest BCUT2D eigenvalue weighted by Gasteiger charge is 2.44. The Kier molecular flexibility index (Phi) is 4.56. The molecule has 0 bridgehead atoms. The van der Waals surface area contributed by atoms with Crippen LogP contribution in [0.25, 0.3) is 6.08 Å². The second-order valence-electron chi connectivity index (χ2n) is 5.25. The first-order chi connectivity index (χ1) is 10.5. The maximum atomic E-state index is 12.2. The third kappa shape index (κ3) is 2.70. The van der Waals surface area contributed by atoms with Crippen molar-refractivity contribution in [2.24, 2.45) is 0 Å². The van der Waals surface area contributed by atoms with Crippen molar-refractivity contribution in [1.29, 1.82) is 0 Å². The normalized spacial score (nSPS) is 13.1. The molecule has 2 aromatic rings. The van der Waals surface area contributed by atoms with Crippen LogP contribution in [-0.4, -0.2) is 16.9 Å². The van der Waals surface area contributed by atoms with Gasteiger partial charge in [-0.15, -0.1) is 0 Å². The lowest BCUT2D eigenvalue weighted by Crippen LogP contribution is -2.39. The molecule has 0 aromatic heterocycles. The molecule has 0 aliphatic carbocycles. The standard InChI is InChI=1S/C19H18O3/c1-3-15-9-7-8-12-17(15)19(18(21)22,13-14(2)20)16-10-5-4-6-11-16/h3-12H,1,13H2,2H3,(H,21,22). The number of carboxylic acid groups (broad SMARTS) is 1. The molecule has 112 valence electrons. The van der Waals surface area contributed by atoms with Crippen molar-refractivity contribution in [2.45, 2.75) is 18.8 Å². The van der Waals surface area contributed by atoms with Crippen molar-refractivity contribution in [1.82, 2.24) is 0 Å². The van der Waals surface area contributed by atoms with Gasteiger partial charge in [0.2, 0.25) is 0 Å². The van der Waals surface area contributed by atoms with Crippen molar-refractivity contribution in [2.75, 3.05) is 0 Å². The van der Waals surface area contributed by atoms with Crippen molar-refractivity contribution in [3.8, 4) is 0 Å². The van der Waals surface area contributed by atoms with Crippen LogP contribution >= 0.6 is 0 Å². The summed E-state index contributed by atoms with van der Waals surface area (Å²) in [6.07, 6.45) is 1.52. The summed E-state index contributed by atoms with van der Waals surface area (Å²) in [5.41, 5.74) is 0.485. The van der Waals surface area contributed by atoms with E-state index >= 15 is 0 Å². The molecule has 22 heavy (non-hydrogen) atoms. The number of ketones is 1. The van der Waals surface area contributed by atoms with Gasteiger partial charge >= 0.3 is 5.97 Å². The SMILES string of the molecule is C=Cc1ccccc1C(CC(C)=O)(C(=O)O)c1ccccc1. The highest BCUT2D eigenvalue weighted by Crippen LogP contribution is 2.38. The van der Waals surface area contributed by atoms with Gasteiger partial charge in [-0.25, -0.2) is 0 Å². The molecule has 0 aliphatic rings. The average molecular weight is 294 g/mol. The molecular formula is C19H18O3. The molecule has 2 rings (SSSR count). The van der Waals surface area contributed by atoms with Gasteiger partial charge < -0.3 is 5.11 Å². The second kappa shape index (κ2) is 6.39. The van der Waals surface area contributed by atoms with Gasteiger partial charge in [0.15, 0.2) is 0 Å². The molecule has 0 aliphatic heterocycles. The van der Waals surface area contributed by atoms with Crippen LogP contribution in [0.1, 0.15) is 30.0 Å². The highest BCUT2D eigenvalue weighted by molar-refractivity contribution is 5.93. The molecule has 0 amide bonds. The van der Waals surface area contributed by atoms with E-state index in [1.807, 2.05) is 18.2 Å². The third-order valence-corrected chi connectivity index (χ3v) is 3.79. The lowest BCUT2D eigenvalue weighted by molar-refractivity contribution is -0.144. The molecule has 3 nitrogen and oxygen atoms in total. The summed E-state index contributed by atoms with van der Waals surface area (Å²) < 4.78 is 0. The largest absolute Gasteiger partial charge is 0.480 e. The van der Waals surface area contributed by atoms with Gasteiger partial charge in [-0.3, -0.25) is 9.59 Å². The number of rotatable bonds is 6. The monoisotopic (exact) mass is 294 g/mol. The Hall–Kier alpha value is -2.68. The topological polar surface area (TPSA) is 54.4 Å². The molecule has 2 aromatic carbocycles. The number of carboxylic acids is 1. The van der Waals surface area contributed by atoms with Gasteiger partial charge in [0.25, 0.3) is 0 Å². The molecule has 3 heteroatoms. The second-order valence-corrected chi connectivity index (χ2v) is 5.25. The fraction of sp³-hybridized carbons (Fsp3) is 0.158. The summed E-state index contributed by atoms with van der Waals surface area (Å²) in [7, 11) is 0. The van der Waals surface area contributed by atoms with Crippen LogP contribution in [0.3, 0.4) is 0 Å². The van der Waals surface area contributed by atoms with Crippen LogP contribution < -0.4 is 0 Å². The Labute approximate surface area is 129 Å². The van der Waals surface area contributed by atoms with Gasteiger partial charge in [-0.05, 0) is 23.6 Å². The molecule has 1 atom stereocenters. The number of carbonyl (C=O) groups excluding carboxylic acids is 1.